The third kappa shape index (κ3) is 5.94. The molecule has 0 aliphatic rings. The minimum Gasteiger partial charge on any atom is -0.373 e. The number of aliphatic hydroxyl groups is 1. The molecule has 5 nitrogen and oxygen atoms in total. The molecule has 0 aliphatic carbocycles. The van der Waals surface area contributed by atoms with E-state index in [0.29, 0.717) is 12.5 Å². The van der Waals surface area contributed by atoms with Gasteiger partial charge in [0.25, 0.3) is 5.91 Å². The lowest BCUT2D eigenvalue weighted by molar-refractivity contribution is -0.242. The molecule has 1 amide bonds. The Bertz CT molecular complexity index is 730. The highest BCUT2D eigenvalue weighted by Gasteiger charge is 2.55. The summed E-state index contributed by atoms with van der Waals surface area (Å²) in [6, 6.07) is 5.34. The Morgan fingerprint density at radius 1 is 1.23 bits per heavy atom. The topological polar surface area (TPSA) is 83.5 Å². The monoisotopic (exact) mass is 399 g/mol. The molecule has 0 radical (unpaired) electrons. The highest BCUT2D eigenvalue weighted by molar-refractivity contribution is 7.91. The highest BCUT2D eigenvalue weighted by Crippen LogP contribution is 2.31. The number of benzene rings is 1. The van der Waals surface area contributed by atoms with E-state index in [-0.39, 0.29) is 18.5 Å². The number of nitrogens with one attached hydrogen (secondary N) is 1. The number of alkyl halides is 4. The third-order valence-electron chi connectivity index (χ3n) is 3.98. The Balaban J connectivity index is 2.71. The van der Waals surface area contributed by atoms with Crippen molar-refractivity contribution in [2.75, 3.05) is 11.6 Å². The predicted molar refractivity (Wildman–Crippen MR) is 89.3 cm³/mol. The minimum atomic E-state index is -5.13. The van der Waals surface area contributed by atoms with Gasteiger partial charge in [-0.2, -0.15) is 13.2 Å². The van der Waals surface area contributed by atoms with E-state index in [1.165, 1.54) is 31.2 Å². The minimum absolute atomic E-state index is 0.00295. The number of hydrogen-bond donors (Lipinski definition) is 2. The summed E-state index contributed by atoms with van der Waals surface area (Å²) in [5.74, 6) is -1.64. The third-order valence-corrected chi connectivity index (χ3v) is 5.64. The van der Waals surface area contributed by atoms with Crippen LogP contribution in [-0.2, 0) is 21.1 Å². The second kappa shape index (κ2) is 7.91. The molecule has 0 saturated carbocycles. The van der Waals surface area contributed by atoms with Crippen LogP contribution < -0.4 is 5.32 Å². The van der Waals surface area contributed by atoms with Crippen LogP contribution >= 0.6 is 0 Å². The quantitative estimate of drug-likeness (QED) is 0.691. The summed E-state index contributed by atoms with van der Waals surface area (Å²) in [5, 5.41) is 10.4. The van der Waals surface area contributed by atoms with Gasteiger partial charge in [-0.1, -0.05) is 12.1 Å². The predicted octanol–water partition coefficient (Wildman–Crippen LogP) is 2.64. The summed E-state index contributed by atoms with van der Waals surface area (Å²) in [6.07, 6.45) is -5.77. The van der Waals surface area contributed by atoms with E-state index in [1.807, 2.05) is 5.32 Å². The van der Waals surface area contributed by atoms with Gasteiger partial charge in [0, 0.05) is 18.4 Å². The van der Waals surface area contributed by atoms with Crippen molar-refractivity contribution in [2.45, 2.75) is 49.9 Å². The zero-order chi connectivity index (χ0) is 20.3. The number of sulfone groups is 1. The molecule has 1 aromatic carbocycles. The van der Waals surface area contributed by atoms with Crippen molar-refractivity contribution in [1.29, 1.82) is 0 Å². The van der Waals surface area contributed by atoms with Crippen LogP contribution in [0.1, 0.15) is 25.8 Å². The van der Waals surface area contributed by atoms with E-state index in [4.69, 9.17) is 0 Å². The van der Waals surface area contributed by atoms with Crippen LogP contribution in [0.4, 0.5) is 23.2 Å². The lowest BCUT2D eigenvalue weighted by Gasteiger charge is -2.24. The number of rotatable bonds is 7. The molecule has 0 aliphatic heterocycles. The zero-order valence-corrected chi connectivity index (χ0v) is 15.3. The lowest BCUT2D eigenvalue weighted by atomic mass is 10.0. The van der Waals surface area contributed by atoms with Gasteiger partial charge in [-0.25, -0.2) is 12.8 Å². The molecule has 0 spiro atoms. The second-order valence-electron chi connectivity index (χ2n) is 6.40. The maximum Gasteiger partial charge on any atom is 0.426 e. The molecule has 2 N–H and O–H groups in total. The first-order chi connectivity index (χ1) is 11.6. The maximum absolute atomic E-state index is 14.0. The summed E-state index contributed by atoms with van der Waals surface area (Å²) in [7, 11) is -3.34. The van der Waals surface area contributed by atoms with Crippen molar-refractivity contribution in [2.24, 2.45) is 0 Å². The first kappa shape index (κ1) is 22.4. The fourth-order valence-electron chi connectivity index (χ4n) is 1.98. The van der Waals surface area contributed by atoms with Crippen LogP contribution in [0.15, 0.2) is 24.3 Å². The van der Waals surface area contributed by atoms with E-state index in [2.05, 4.69) is 0 Å². The van der Waals surface area contributed by atoms with Gasteiger partial charge < -0.3 is 10.4 Å². The van der Waals surface area contributed by atoms with Gasteiger partial charge in [0.15, 0.2) is 0 Å². The van der Waals surface area contributed by atoms with E-state index in [0.717, 1.165) is 6.26 Å². The number of amides is 1. The fraction of sp³-hybridized carbons (Fsp3) is 0.562. The van der Waals surface area contributed by atoms with E-state index in [1.54, 1.807) is 0 Å². The number of halogens is 4. The lowest BCUT2D eigenvalue weighted by Crippen LogP contribution is -2.52. The molecule has 10 heteroatoms. The van der Waals surface area contributed by atoms with Gasteiger partial charge in [-0.3, -0.25) is 4.79 Å². The molecule has 148 valence electrons. The van der Waals surface area contributed by atoms with Crippen LogP contribution in [0, 0.1) is 0 Å². The number of carbonyl (C=O) groups is 1. The van der Waals surface area contributed by atoms with E-state index < -0.39 is 38.9 Å². The van der Waals surface area contributed by atoms with Gasteiger partial charge in [0.2, 0.25) is 5.60 Å². The number of carbonyl (C=O) groups excluding carboxylic acids is 1. The van der Waals surface area contributed by atoms with Crippen molar-refractivity contribution in [1.82, 2.24) is 0 Å². The SMILES string of the molecule is CC(CC(F)Cc1ccc(NC(=O)[C@@](C)(O)C(F)(F)F)cc1)S(C)(=O)=O. The first-order valence-electron chi connectivity index (χ1n) is 7.67. The van der Waals surface area contributed by atoms with E-state index in [9.17, 15) is 35.9 Å². The number of anilines is 1. The molecule has 0 bridgehead atoms. The molecule has 0 fully saturated rings. The molecule has 0 aromatic heterocycles. The summed E-state index contributed by atoms with van der Waals surface area (Å²) < 4.78 is 74.4. The maximum atomic E-state index is 14.0. The average molecular weight is 399 g/mol. The van der Waals surface area contributed by atoms with Crippen molar-refractivity contribution in [3.63, 3.8) is 0 Å². The molecule has 2 unspecified atom stereocenters. The first-order valence-corrected chi connectivity index (χ1v) is 9.62. The van der Waals surface area contributed by atoms with Gasteiger partial charge in [-0.15, -0.1) is 0 Å². The molecular weight excluding hydrogens is 378 g/mol. The molecule has 0 saturated heterocycles. The molecule has 3 atom stereocenters. The normalized spacial score (nSPS) is 17.2. The van der Waals surface area contributed by atoms with Crippen LogP contribution in [0.2, 0.25) is 0 Å². The van der Waals surface area contributed by atoms with E-state index >= 15 is 0 Å². The second-order valence-corrected chi connectivity index (χ2v) is 8.86. The average Bonchev–Trinajstić information content (AvgIpc) is 2.46. The van der Waals surface area contributed by atoms with Crippen LogP contribution in [0.3, 0.4) is 0 Å². The van der Waals surface area contributed by atoms with Crippen molar-refractivity contribution in [3.05, 3.63) is 29.8 Å². The van der Waals surface area contributed by atoms with Crippen LogP contribution in [-0.4, -0.2) is 48.9 Å². The van der Waals surface area contributed by atoms with Gasteiger partial charge in [0.05, 0.1) is 5.25 Å². The molecule has 26 heavy (non-hydrogen) atoms. The molecule has 0 heterocycles. The Hall–Kier alpha value is -1.68. The van der Waals surface area contributed by atoms with Gasteiger partial charge in [0.1, 0.15) is 16.0 Å². The summed E-state index contributed by atoms with van der Waals surface area (Å²) in [4.78, 5) is 11.6. The Labute approximate surface area is 149 Å². The Morgan fingerprint density at radius 3 is 2.15 bits per heavy atom. The summed E-state index contributed by atoms with van der Waals surface area (Å²) in [6.45, 7) is 1.75. The molecule has 1 rings (SSSR count). The van der Waals surface area contributed by atoms with Gasteiger partial charge in [-0.05, 0) is 38.0 Å². The summed E-state index contributed by atoms with van der Waals surface area (Å²) >= 11 is 0. The Morgan fingerprint density at radius 2 is 1.73 bits per heavy atom. The molecule has 1 aromatic rings. The zero-order valence-electron chi connectivity index (χ0n) is 14.5. The highest BCUT2D eigenvalue weighted by atomic mass is 32.2. The molecular formula is C16H21F4NO4S. The van der Waals surface area contributed by atoms with Crippen molar-refractivity contribution < 1.29 is 35.9 Å². The van der Waals surface area contributed by atoms with Gasteiger partial charge >= 0.3 is 6.18 Å². The van der Waals surface area contributed by atoms with Crippen LogP contribution in [0.5, 0.6) is 0 Å². The number of hydrogen-bond acceptors (Lipinski definition) is 4. The van der Waals surface area contributed by atoms with Crippen molar-refractivity contribution >= 4 is 21.4 Å². The fourth-order valence-corrected chi connectivity index (χ4v) is 2.54. The largest absolute Gasteiger partial charge is 0.426 e. The van der Waals surface area contributed by atoms with Crippen LogP contribution in [0.25, 0.3) is 0 Å². The Kier molecular flexibility index (Phi) is 6.80. The standard InChI is InChI=1S/C16H21F4NO4S/c1-10(26(3,24)25)8-12(17)9-11-4-6-13(7-5-11)21-14(22)15(2,23)16(18,19)20/h4-7,10,12,23H,8-9H2,1-3H3,(H,21,22)/t10?,12?,15-/m1/s1. The van der Waals surface area contributed by atoms with Crippen molar-refractivity contribution in [3.8, 4) is 0 Å². The summed E-state index contributed by atoms with van der Waals surface area (Å²) in [5.41, 5.74) is -3.06. The smallest absolute Gasteiger partial charge is 0.373 e.